The third-order valence-corrected chi connectivity index (χ3v) is 4.59. The van der Waals surface area contributed by atoms with Gasteiger partial charge in [0.05, 0.1) is 20.3 Å². The van der Waals surface area contributed by atoms with Gasteiger partial charge in [-0.1, -0.05) is 12.1 Å². The van der Waals surface area contributed by atoms with Gasteiger partial charge in [0, 0.05) is 18.2 Å². The molecular weight excluding hydrogens is 284 g/mol. The zero-order valence-corrected chi connectivity index (χ0v) is 14.6. The van der Waals surface area contributed by atoms with Crippen LogP contribution < -0.4 is 15.2 Å². The van der Waals surface area contributed by atoms with Gasteiger partial charge >= 0.3 is 0 Å². The van der Waals surface area contributed by atoms with Crippen LogP contribution in [0.5, 0.6) is 11.5 Å². The minimum atomic E-state index is 0.118. The predicted octanol–water partition coefficient (Wildman–Crippen LogP) is 2.78. The Morgan fingerprint density at radius 3 is 2.52 bits per heavy atom. The Hall–Kier alpha value is -0.910. The first kappa shape index (κ1) is 18.1. The third kappa shape index (κ3) is 4.53. The summed E-state index contributed by atoms with van der Waals surface area (Å²) in [6.07, 6.45) is 3.28. The molecule has 0 bridgehead atoms. The first-order valence-corrected chi connectivity index (χ1v) is 8.61. The number of likely N-dealkylation sites (N-methyl/N-ethyl adjacent to an activating group) is 1. The van der Waals surface area contributed by atoms with Crippen molar-refractivity contribution in [3.05, 3.63) is 23.8 Å². The molecule has 0 amide bonds. The summed E-state index contributed by atoms with van der Waals surface area (Å²) in [7, 11) is 5.46. The molecule has 0 aromatic heterocycles. The highest BCUT2D eigenvalue weighted by atomic mass is 32.2. The van der Waals surface area contributed by atoms with E-state index in [1.165, 1.54) is 0 Å². The van der Waals surface area contributed by atoms with Crippen molar-refractivity contribution < 1.29 is 9.47 Å². The van der Waals surface area contributed by atoms with Gasteiger partial charge in [-0.2, -0.15) is 11.8 Å². The molecule has 0 saturated carbocycles. The Balaban J connectivity index is 3.04. The van der Waals surface area contributed by atoms with Crippen molar-refractivity contribution in [3.8, 4) is 11.5 Å². The fourth-order valence-corrected chi connectivity index (χ4v) is 3.06. The summed E-state index contributed by atoms with van der Waals surface area (Å²) in [5.41, 5.74) is 7.13. The monoisotopic (exact) mass is 312 g/mol. The normalized spacial score (nSPS) is 14.0. The number of rotatable bonds is 9. The van der Waals surface area contributed by atoms with Gasteiger partial charge in [-0.3, -0.25) is 4.90 Å². The maximum absolute atomic E-state index is 6.04. The molecular formula is C16H28N2O2S. The number of nitrogens with two attached hydrogens (primary N) is 1. The van der Waals surface area contributed by atoms with Crippen molar-refractivity contribution >= 4 is 11.8 Å². The Bertz CT molecular complexity index is 429. The topological polar surface area (TPSA) is 47.7 Å². The molecule has 120 valence electrons. The molecule has 4 nitrogen and oxygen atoms in total. The highest BCUT2D eigenvalue weighted by molar-refractivity contribution is 7.98. The molecule has 0 aliphatic heterocycles. The van der Waals surface area contributed by atoms with Gasteiger partial charge < -0.3 is 15.2 Å². The molecule has 0 fully saturated rings. The van der Waals surface area contributed by atoms with Crippen molar-refractivity contribution in [1.82, 2.24) is 4.90 Å². The Labute approximate surface area is 133 Å². The summed E-state index contributed by atoms with van der Waals surface area (Å²) in [6.45, 7) is 2.79. The lowest BCUT2D eigenvalue weighted by Gasteiger charge is -2.33. The van der Waals surface area contributed by atoms with E-state index in [4.69, 9.17) is 15.2 Å². The maximum Gasteiger partial charge on any atom is 0.165 e. The van der Waals surface area contributed by atoms with E-state index < -0.39 is 0 Å². The van der Waals surface area contributed by atoms with E-state index in [1.54, 1.807) is 14.2 Å². The van der Waals surface area contributed by atoms with Crippen LogP contribution in [0.25, 0.3) is 0 Å². The van der Waals surface area contributed by atoms with E-state index in [-0.39, 0.29) is 6.04 Å². The second kappa shape index (κ2) is 9.18. The highest BCUT2D eigenvalue weighted by Crippen LogP contribution is 2.36. The van der Waals surface area contributed by atoms with Gasteiger partial charge in [-0.05, 0) is 38.5 Å². The van der Waals surface area contributed by atoms with Crippen LogP contribution >= 0.6 is 11.8 Å². The molecule has 0 heterocycles. The summed E-state index contributed by atoms with van der Waals surface area (Å²) < 4.78 is 10.9. The quantitative estimate of drug-likeness (QED) is 0.760. The molecule has 2 unspecified atom stereocenters. The third-order valence-electron chi connectivity index (χ3n) is 3.94. The molecule has 0 spiro atoms. The lowest BCUT2D eigenvalue weighted by molar-refractivity contribution is 0.181. The molecule has 0 radical (unpaired) electrons. The van der Waals surface area contributed by atoms with Crippen LogP contribution in [0.3, 0.4) is 0 Å². The molecule has 2 N–H and O–H groups in total. The number of ether oxygens (including phenoxy) is 2. The zero-order chi connectivity index (χ0) is 15.8. The van der Waals surface area contributed by atoms with Crippen molar-refractivity contribution in [3.63, 3.8) is 0 Å². The fourth-order valence-electron chi connectivity index (χ4n) is 2.49. The van der Waals surface area contributed by atoms with Gasteiger partial charge in [0.1, 0.15) is 0 Å². The lowest BCUT2D eigenvalue weighted by atomic mass is 10.0. The SMILES string of the molecule is COc1cccc(C(CN)N(C)C(C)CCSC)c1OC. The number of nitrogens with zero attached hydrogens (tertiary/aromatic N) is 1. The average molecular weight is 312 g/mol. The second-order valence-corrected chi connectivity index (χ2v) is 6.12. The standard InChI is InChI=1S/C16H28N2O2S/c1-12(9-10-21-5)18(2)14(11-17)13-7-6-8-15(19-3)16(13)20-4/h6-8,12,14H,9-11,17H2,1-5H3. The molecule has 21 heavy (non-hydrogen) atoms. The van der Waals surface area contributed by atoms with Gasteiger partial charge in [0.15, 0.2) is 11.5 Å². The fraction of sp³-hybridized carbons (Fsp3) is 0.625. The second-order valence-electron chi connectivity index (χ2n) is 5.13. The van der Waals surface area contributed by atoms with Crippen LogP contribution in [0.2, 0.25) is 0 Å². The summed E-state index contributed by atoms with van der Waals surface area (Å²) in [5.74, 6) is 2.68. The van der Waals surface area contributed by atoms with Crippen LogP contribution in [0, 0.1) is 0 Å². The van der Waals surface area contributed by atoms with Crippen LogP contribution in [0.15, 0.2) is 18.2 Å². The molecule has 2 atom stereocenters. The largest absolute Gasteiger partial charge is 0.493 e. The number of benzene rings is 1. The minimum Gasteiger partial charge on any atom is -0.493 e. The molecule has 1 aromatic rings. The van der Waals surface area contributed by atoms with E-state index in [2.05, 4.69) is 31.2 Å². The molecule has 0 aliphatic rings. The van der Waals surface area contributed by atoms with Gasteiger partial charge in [-0.25, -0.2) is 0 Å². The highest BCUT2D eigenvalue weighted by Gasteiger charge is 2.24. The summed E-state index contributed by atoms with van der Waals surface area (Å²) in [5, 5.41) is 0. The molecule has 5 heteroatoms. The Morgan fingerprint density at radius 2 is 2.00 bits per heavy atom. The van der Waals surface area contributed by atoms with Crippen molar-refractivity contribution in [1.29, 1.82) is 0 Å². The van der Waals surface area contributed by atoms with E-state index in [1.807, 2.05) is 23.9 Å². The molecule has 0 aliphatic carbocycles. The van der Waals surface area contributed by atoms with Crippen molar-refractivity contribution in [2.24, 2.45) is 5.73 Å². The summed E-state index contributed by atoms with van der Waals surface area (Å²) in [6, 6.07) is 6.54. The zero-order valence-electron chi connectivity index (χ0n) is 13.8. The maximum atomic E-state index is 6.04. The summed E-state index contributed by atoms with van der Waals surface area (Å²) >= 11 is 1.87. The van der Waals surface area contributed by atoms with Crippen LogP contribution in [-0.2, 0) is 0 Å². The van der Waals surface area contributed by atoms with Gasteiger partial charge in [-0.15, -0.1) is 0 Å². The minimum absolute atomic E-state index is 0.118. The van der Waals surface area contributed by atoms with Gasteiger partial charge in [0.25, 0.3) is 0 Å². The number of thioether (sulfide) groups is 1. The lowest BCUT2D eigenvalue weighted by Crippen LogP contribution is -2.37. The molecule has 1 rings (SSSR count). The number of para-hydroxylation sites is 1. The van der Waals surface area contributed by atoms with E-state index in [9.17, 15) is 0 Å². The van der Waals surface area contributed by atoms with Crippen LogP contribution in [-0.4, -0.2) is 50.8 Å². The molecule has 1 aromatic carbocycles. The number of hydrogen-bond donors (Lipinski definition) is 1. The average Bonchev–Trinajstić information content (AvgIpc) is 2.52. The number of hydrogen-bond acceptors (Lipinski definition) is 5. The van der Waals surface area contributed by atoms with Crippen molar-refractivity contribution in [2.45, 2.75) is 25.4 Å². The molecule has 0 saturated heterocycles. The first-order chi connectivity index (χ1) is 10.1. The Kier molecular flexibility index (Phi) is 7.93. The number of methoxy groups -OCH3 is 2. The predicted molar refractivity (Wildman–Crippen MR) is 91.6 cm³/mol. The first-order valence-electron chi connectivity index (χ1n) is 7.22. The Morgan fingerprint density at radius 1 is 1.29 bits per heavy atom. The van der Waals surface area contributed by atoms with E-state index in [0.717, 1.165) is 29.2 Å². The van der Waals surface area contributed by atoms with Crippen LogP contribution in [0.1, 0.15) is 24.9 Å². The van der Waals surface area contributed by atoms with Crippen molar-refractivity contribution in [2.75, 3.05) is 39.8 Å². The van der Waals surface area contributed by atoms with E-state index in [0.29, 0.717) is 12.6 Å². The summed E-state index contributed by atoms with van der Waals surface area (Å²) in [4.78, 5) is 2.33. The van der Waals surface area contributed by atoms with Gasteiger partial charge in [0.2, 0.25) is 0 Å². The van der Waals surface area contributed by atoms with E-state index >= 15 is 0 Å². The van der Waals surface area contributed by atoms with Crippen LogP contribution in [0.4, 0.5) is 0 Å². The smallest absolute Gasteiger partial charge is 0.165 e.